The highest BCUT2D eigenvalue weighted by Crippen LogP contribution is 2.17. The van der Waals surface area contributed by atoms with Gasteiger partial charge in [0.25, 0.3) is 0 Å². The Hall–Kier alpha value is -0.750. The molecule has 5 nitrogen and oxygen atoms in total. The van der Waals surface area contributed by atoms with Crippen molar-refractivity contribution in [2.24, 2.45) is 0 Å². The Morgan fingerprint density at radius 2 is 2.17 bits per heavy atom. The van der Waals surface area contributed by atoms with Gasteiger partial charge in [0.05, 0.1) is 12.5 Å². The van der Waals surface area contributed by atoms with Gasteiger partial charge in [0.15, 0.2) is 0 Å². The van der Waals surface area contributed by atoms with E-state index in [-0.39, 0.29) is 24.3 Å². The first kappa shape index (κ1) is 15.3. The van der Waals surface area contributed by atoms with E-state index >= 15 is 0 Å². The first-order valence-corrected chi connectivity index (χ1v) is 8.09. The molecule has 0 aliphatic carbocycles. The number of nitrogens with one attached hydrogen (secondary N) is 1. The second-order valence-corrected chi connectivity index (χ2v) is 6.26. The van der Waals surface area contributed by atoms with Crippen LogP contribution in [0.25, 0.3) is 0 Å². The number of rotatable bonds is 7. The van der Waals surface area contributed by atoms with Crippen LogP contribution in [0.15, 0.2) is 0 Å². The molecule has 0 aromatic carbocycles. The molecule has 1 aliphatic rings. The third-order valence-electron chi connectivity index (χ3n) is 3.21. The van der Waals surface area contributed by atoms with E-state index in [9.17, 15) is 13.8 Å². The molecule has 1 fully saturated rings. The van der Waals surface area contributed by atoms with Gasteiger partial charge in [-0.2, -0.15) is 0 Å². The molecular weight excluding hydrogens is 252 g/mol. The predicted octanol–water partition coefficient (Wildman–Crippen LogP) is 0.271. The van der Waals surface area contributed by atoms with Crippen molar-refractivity contribution in [3.8, 4) is 0 Å². The van der Waals surface area contributed by atoms with E-state index < -0.39 is 16.8 Å². The fourth-order valence-corrected chi connectivity index (χ4v) is 2.56. The number of amides is 2. The molecule has 0 spiro atoms. The van der Waals surface area contributed by atoms with E-state index in [1.54, 1.807) is 6.26 Å². The van der Waals surface area contributed by atoms with Crippen molar-refractivity contribution in [2.45, 2.75) is 45.2 Å². The van der Waals surface area contributed by atoms with E-state index in [0.717, 1.165) is 12.8 Å². The summed E-state index contributed by atoms with van der Waals surface area (Å²) < 4.78 is 10.9. The minimum Gasteiger partial charge on any atom is -0.305 e. The molecule has 0 saturated carbocycles. The van der Waals surface area contributed by atoms with Crippen molar-refractivity contribution in [1.82, 2.24) is 10.2 Å². The van der Waals surface area contributed by atoms with Crippen LogP contribution in [0.1, 0.15) is 33.1 Å². The van der Waals surface area contributed by atoms with Gasteiger partial charge in [-0.25, -0.2) is 0 Å². The highest BCUT2D eigenvalue weighted by molar-refractivity contribution is 7.84. The van der Waals surface area contributed by atoms with Crippen molar-refractivity contribution in [3.05, 3.63) is 0 Å². The van der Waals surface area contributed by atoms with Crippen LogP contribution in [0, 0.1) is 0 Å². The van der Waals surface area contributed by atoms with Crippen LogP contribution in [0.2, 0.25) is 0 Å². The van der Waals surface area contributed by atoms with Gasteiger partial charge in [-0.1, -0.05) is 6.92 Å². The molecule has 3 atom stereocenters. The van der Waals surface area contributed by atoms with Gasteiger partial charge >= 0.3 is 0 Å². The van der Waals surface area contributed by atoms with Gasteiger partial charge in [-0.15, -0.1) is 0 Å². The van der Waals surface area contributed by atoms with Crippen molar-refractivity contribution in [2.75, 3.05) is 18.6 Å². The maximum absolute atomic E-state index is 12.0. The Morgan fingerprint density at radius 1 is 1.50 bits per heavy atom. The summed E-state index contributed by atoms with van der Waals surface area (Å²) in [5.74, 6) is 0.412. The van der Waals surface area contributed by atoms with E-state index in [1.165, 1.54) is 4.90 Å². The zero-order valence-electron chi connectivity index (χ0n) is 11.3. The average molecular weight is 274 g/mol. The molecule has 104 valence electrons. The van der Waals surface area contributed by atoms with Crippen LogP contribution in [-0.4, -0.2) is 51.6 Å². The summed E-state index contributed by atoms with van der Waals surface area (Å²) in [5.41, 5.74) is 0. The van der Waals surface area contributed by atoms with Crippen LogP contribution in [0.3, 0.4) is 0 Å². The molecule has 0 aromatic heterocycles. The third-order valence-corrected chi connectivity index (χ3v) is 4.08. The molecule has 0 radical (unpaired) electrons. The number of likely N-dealkylation sites (tertiary alicyclic amines) is 1. The van der Waals surface area contributed by atoms with Gasteiger partial charge in [-0.3, -0.25) is 18.7 Å². The van der Waals surface area contributed by atoms with Crippen LogP contribution in [-0.2, 0) is 20.4 Å². The lowest BCUT2D eigenvalue weighted by molar-refractivity contribution is -0.141. The third kappa shape index (κ3) is 3.88. The fourth-order valence-electron chi connectivity index (χ4n) is 2.01. The normalized spacial score (nSPS) is 23.5. The molecule has 1 N–H and O–H groups in total. The van der Waals surface area contributed by atoms with Gasteiger partial charge in [0, 0.05) is 28.9 Å². The number of nitrogens with zero attached hydrogens (tertiary/aromatic N) is 1. The van der Waals surface area contributed by atoms with Crippen LogP contribution < -0.4 is 5.32 Å². The molecule has 6 heteroatoms. The van der Waals surface area contributed by atoms with Crippen molar-refractivity contribution >= 4 is 22.6 Å². The number of hydrogen-bond donors (Lipinski definition) is 1. The molecule has 1 heterocycles. The molecule has 1 rings (SSSR count). The minimum absolute atomic E-state index is 0.0278. The van der Waals surface area contributed by atoms with Gasteiger partial charge in [0.2, 0.25) is 11.8 Å². The summed E-state index contributed by atoms with van der Waals surface area (Å²) in [6.45, 7) is 4.47. The molecule has 0 bridgehead atoms. The lowest BCUT2D eigenvalue weighted by Crippen LogP contribution is -2.43. The summed E-state index contributed by atoms with van der Waals surface area (Å²) >= 11 is 0. The molecule has 3 unspecified atom stereocenters. The summed E-state index contributed by atoms with van der Waals surface area (Å²) in [7, 11) is -0.802. The van der Waals surface area contributed by atoms with E-state index in [4.69, 9.17) is 0 Å². The zero-order valence-corrected chi connectivity index (χ0v) is 12.1. The largest absolute Gasteiger partial charge is 0.305 e. The quantitative estimate of drug-likeness (QED) is 0.534. The summed E-state index contributed by atoms with van der Waals surface area (Å²) in [6, 6.07) is -0.420. The Kier molecular flexibility index (Phi) is 5.95. The number of carbonyl (C=O) groups excluding carboxylic acids is 2. The molecular formula is C12H22N2O3S. The van der Waals surface area contributed by atoms with Crippen molar-refractivity contribution in [3.63, 3.8) is 0 Å². The molecule has 1 aliphatic heterocycles. The maximum atomic E-state index is 12.0. The van der Waals surface area contributed by atoms with Crippen LogP contribution >= 0.6 is 0 Å². The minimum atomic E-state index is -0.802. The van der Waals surface area contributed by atoms with Gasteiger partial charge in [-0.05, 0) is 26.3 Å². The monoisotopic (exact) mass is 274 g/mol. The van der Waals surface area contributed by atoms with Gasteiger partial charge < -0.3 is 5.32 Å². The average Bonchev–Trinajstić information content (AvgIpc) is 2.59. The topological polar surface area (TPSA) is 66.5 Å². The smallest absolute Gasteiger partial charge is 0.247 e. The number of hydrogen-bond acceptors (Lipinski definition) is 4. The first-order valence-electron chi connectivity index (χ1n) is 6.36. The second-order valence-electron chi connectivity index (χ2n) is 4.70. The summed E-state index contributed by atoms with van der Waals surface area (Å²) in [4.78, 5) is 25.2. The highest BCUT2D eigenvalue weighted by atomic mass is 32.2. The van der Waals surface area contributed by atoms with E-state index in [0.29, 0.717) is 12.3 Å². The van der Waals surface area contributed by atoms with Crippen LogP contribution in [0.5, 0.6) is 0 Å². The standard InChI is InChI=1S/C12H22N2O3S/c1-4-9(2)14-11(15)8-10(12(14)16)13-6-5-7-18(3)17/h9-10,13H,4-8H2,1-3H3. The molecule has 18 heavy (non-hydrogen) atoms. The molecule has 0 aromatic rings. The zero-order chi connectivity index (χ0) is 13.7. The van der Waals surface area contributed by atoms with Crippen molar-refractivity contribution < 1.29 is 13.8 Å². The summed E-state index contributed by atoms with van der Waals surface area (Å²) in [5, 5.41) is 3.08. The number of carbonyl (C=O) groups is 2. The molecule has 1 saturated heterocycles. The van der Waals surface area contributed by atoms with Gasteiger partial charge in [0.1, 0.15) is 0 Å². The Morgan fingerprint density at radius 3 is 2.72 bits per heavy atom. The Labute approximate surface area is 111 Å². The lowest BCUT2D eigenvalue weighted by atomic mass is 10.2. The Bertz CT molecular complexity index is 346. The lowest BCUT2D eigenvalue weighted by Gasteiger charge is -2.21. The summed E-state index contributed by atoms with van der Waals surface area (Å²) in [6.07, 6.45) is 3.44. The predicted molar refractivity (Wildman–Crippen MR) is 71.6 cm³/mol. The highest BCUT2D eigenvalue weighted by Gasteiger charge is 2.39. The number of imide groups is 1. The SMILES string of the molecule is CCC(C)N1C(=O)CC(NCCCS(C)=O)C1=O. The fraction of sp³-hybridized carbons (Fsp3) is 0.833. The van der Waals surface area contributed by atoms with E-state index in [1.807, 2.05) is 13.8 Å². The van der Waals surface area contributed by atoms with Crippen LogP contribution in [0.4, 0.5) is 0 Å². The maximum Gasteiger partial charge on any atom is 0.247 e. The Balaban J connectivity index is 2.43. The molecule has 2 amide bonds. The second kappa shape index (κ2) is 6.99. The first-order chi connectivity index (χ1) is 8.47. The van der Waals surface area contributed by atoms with E-state index in [2.05, 4.69) is 5.32 Å². The van der Waals surface area contributed by atoms with Crippen molar-refractivity contribution in [1.29, 1.82) is 0 Å².